The molecule has 2 heteroatoms. The lowest BCUT2D eigenvalue weighted by atomic mass is 10.1. The molecule has 0 saturated heterocycles. The van der Waals surface area contributed by atoms with Gasteiger partial charge in [0.05, 0.1) is 6.54 Å². The van der Waals surface area contributed by atoms with Gasteiger partial charge < -0.3 is 9.73 Å². The SMILES string of the molecule is CCc1ccc(CNCC2(C)CC2)o1. The van der Waals surface area contributed by atoms with Crippen molar-refractivity contribution >= 4 is 0 Å². The van der Waals surface area contributed by atoms with Crippen LogP contribution >= 0.6 is 0 Å². The minimum absolute atomic E-state index is 0.584. The summed E-state index contributed by atoms with van der Waals surface area (Å²) in [6.07, 6.45) is 3.73. The predicted molar refractivity (Wildman–Crippen MR) is 57.1 cm³/mol. The zero-order valence-corrected chi connectivity index (χ0v) is 9.10. The van der Waals surface area contributed by atoms with E-state index in [-0.39, 0.29) is 0 Å². The van der Waals surface area contributed by atoms with E-state index in [4.69, 9.17) is 4.42 Å². The molecule has 0 spiro atoms. The highest BCUT2D eigenvalue weighted by atomic mass is 16.3. The van der Waals surface area contributed by atoms with Gasteiger partial charge in [0.15, 0.2) is 0 Å². The number of hydrogen-bond donors (Lipinski definition) is 1. The highest BCUT2D eigenvalue weighted by Crippen LogP contribution is 2.44. The van der Waals surface area contributed by atoms with E-state index in [1.807, 2.05) is 0 Å². The lowest BCUT2D eigenvalue weighted by Gasteiger charge is -2.08. The van der Waals surface area contributed by atoms with E-state index in [0.29, 0.717) is 5.41 Å². The third-order valence-corrected chi connectivity index (χ3v) is 3.02. The molecule has 1 saturated carbocycles. The smallest absolute Gasteiger partial charge is 0.117 e. The Balaban J connectivity index is 1.74. The summed E-state index contributed by atoms with van der Waals surface area (Å²) in [4.78, 5) is 0. The van der Waals surface area contributed by atoms with Crippen molar-refractivity contribution in [1.29, 1.82) is 0 Å². The first-order valence-corrected chi connectivity index (χ1v) is 5.50. The van der Waals surface area contributed by atoms with E-state index in [9.17, 15) is 0 Å². The molecule has 1 aliphatic rings. The first kappa shape index (κ1) is 9.78. The van der Waals surface area contributed by atoms with Gasteiger partial charge in [-0.2, -0.15) is 0 Å². The quantitative estimate of drug-likeness (QED) is 0.777. The molecule has 2 rings (SSSR count). The van der Waals surface area contributed by atoms with Crippen LogP contribution in [0.3, 0.4) is 0 Å². The van der Waals surface area contributed by atoms with Crippen LogP contribution in [0.4, 0.5) is 0 Å². The lowest BCUT2D eigenvalue weighted by molar-refractivity contribution is 0.428. The molecule has 14 heavy (non-hydrogen) atoms. The largest absolute Gasteiger partial charge is 0.465 e. The van der Waals surface area contributed by atoms with E-state index < -0.39 is 0 Å². The summed E-state index contributed by atoms with van der Waals surface area (Å²) >= 11 is 0. The number of nitrogens with one attached hydrogen (secondary N) is 1. The maximum atomic E-state index is 5.61. The maximum Gasteiger partial charge on any atom is 0.117 e. The molecule has 78 valence electrons. The predicted octanol–water partition coefficient (Wildman–Crippen LogP) is 2.73. The second-order valence-corrected chi connectivity index (χ2v) is 4.64. The fourth-order valence-electron chi connectivity index (χ4n) is 1.58. The fourth-order valence-corrected chi connectivity index (χ4v) is 1.58. The van der Waals surface area contributed by atoms with Gasteiger partial charge in [0.25, 0.3) is 0 Å². The average molecular weight is 193 g/mol. The van der Waals surface area contributed by atoms with Crippen LogP contribution in [-0.4, -0.2) is 6.54 Å². The highest BCUT2D eigenvalue weighted by molar-refractivity contribution is 5.07. The number of aryl methyl sites for hydroxylation is 1. The average Bonchev–Trinajstić information content (AvgIpc) is 2.75. The normalized spacial score (nSPS) is 18.4. The molecular formula is C12H19NO. The molecule has 1 N–H and O–H groups in total. The molecular weight excluding hydrogens is 174 g/mol. The molecule has 0 atom stereocenters. The summed E-state index contributed by atoms with van der Waals surface area (Å²) in [5, 5.41) is 3.45. The van der Waals surface area contributed by atoms with Crippen molar-refractivity contribution < 1.29 is 4.42 Å². The Kier molecular flexibility index (Phi) is 2.64. The van der Waals surface area contributed by atoms with E-state index >= 15 is 0 Å². The number of furan rings is 1. The maximum absolute atomic E-state index is 5.61. The van der Waals surface area contributed by atoms with Crippen molar-refractivity contribution in [3.05, 3.63) is 23.7 Å². The molecule has 0 aliphatic heterocycles. The van der Waals surface area contributed by atoms with Crippen LogP contribution in [0.5, 0.6) is 0 Å². The standard InChI is InChI=1S/C12H19NO/c1-3-10-4-5-11(14-10)8-13-9-12(2)6-7-12/h4-5,13H,3,6-9H2,1-2H3. The van der Waals surface area contributed by atoms with Gasteiger partial charge in [0.1, 0.15) is 11.5 Å². The molecule has 1 aromatic heterocycles. The minimum atomic E-state index is 0.584. The van der Waals surface area contributed by atoms with Crippen LogP contribution in [0.25, 0.3) is 0 Å². The number of rotatable bonds is 5. The van der Waals surface area contributed by atoms with Crippen molar-refractivity contribution in [2.45, 2.75) is 39.7 Å². The third-order valence-electron chi connectivity index (χ3n) is 3.02. The van der Waals surface area contributed by atoms with E-state index in [1.165, 1.54) is 12.8 Å². The van der Waals surface area contributed by atoms with Gasteiger partial charge in [-0.1, -0.05) is 13.8 Å². The van der Waals surface area contributed by atoms with Crippen LogP contribution in [0.1, 0.15) is 38.2 Å². The molecule has 0 radical (unpaired) electrons. The van der Waals surface area contributed by atoms with E-state index in [1.54, 1.807) is 0 Å². The molecule has 0 unspecified atom stereocenters. The monoisotopic (exact) mass is 193 g/mol. The molecule has 1 heterocycles. The third kappa shape index (κ3) is 2.38. The molecule has 0 amide bonds. The number of hydrogen-bond acceptors (Lipinski definition) is 2. The van der Waals surface area contributed by atoms with Gasteiger partial charge in [0.2, 0.25) is 0 Å². The van der Waals surface area contributed by atoms with Crippen molar-refractivity contribution in [2.24, 2.45) is 5.41 Å². The topological polar surface area (TPSA) is 25.2 Å². The first-order chi connectivity index (χ1) is 6.72. The first-order valence-electron chi connectivity index (χ1n) is 5.50. The van der Waals surface area contributed by atoms with Crippen LogP contribution in [0.15, 0.2) is 16.5 Å². The van der Waals surface area contributed by atoms with Gasteiger partial charge in [-0.05, 0) is 30.4 Å². The summed E-state index contributed by atoms with van der Waals surface area (Å²) in [5.41, 5.74) is 0.584. The molecule has 1 aliphatic carbocycles. The van der Waals surface area contributed by atoms with E-state index in [2.05, 4.69) is 31.3 Å². The summed E-state index contributed by atoms with van der Waals surface area (Å²) in [6.45, 7) is 6.44. The van der Waals surface area contributed by atoms with Gasteiger partial charge in [-0.3, -0.25) is 0 Å². The van der Waals surface area contributed by atoms with Crippen LogP contribution in [0.2, 0.25) is 0 Å². The van der Waals surface area contributed by atoms with Crippen molar-refractivity contribution in [3.8, 4) is 0 Å². The molecule has 2 nitrogen and oxygen atoms in total. The minimum Gasteiger partial charge on any atom is -0.465 e. The zero-order valence-electron chi connectivity index (χ0n) is 9.10. The summed E-state index contributed by atoms with van der Waals surface area (Å²) < 4.78 is 5.61. The van der Waals surface area contributed by atoms with Gasteiger partial charge >= 0.3 is 0 Å². The Morgan fingerprint density at radius 2 is 2.07 bits per heavy atom. The van der Waals surface area contributed by atoms with Crippen LogP contribution in [0, 0.1) is 5.41 Å². The summed E-state index contributed by atoms with van der Waals surface area (Å²) in [5.74, 6) is 2.14. The summed E-state index contributed by atoms with van der Waals surface area (Å²) in [6, 6.07) is 4.14. The molecule has 0 bridgehead atoms. The summed E-state index contributed by atoms with van der Waals surface area (Å²) in [7, 11) is 0. The van der Waals surface area contributed by atoms with Crippen LogP contribution < -0.4 is 5.32 Å². The van der Waals surface area contributed by atoms with Crippen molar-refractivity contribution in [2.75, 3.05) is 6.54 Å². The van der Waals surface area contributed by atoms with Gasteiger partial charge in [-0.25, -0.2) is 0 Å². The second kappa shape index (κ2) is 3.77. The van der Waals surface area contributed by atoms with Crippen molar-refractivity contribution in [3.63, 3.8) is 0 Å². The van der Waals surface area contributed by atoms with Crippen LogP contribution in [-0.2, 0) is 13.0 Å². The fraction of sp³-hybridized carbons (Fsp3) is 0.667. The van der Waals surface area contributed by atoms with Gasteiger partial charge in [-0.15, -0.1) is 0 Å². The molecule has 1 aromatic rings. The lowest BCUT2D eigenvalue weighted by Crippen LogP contribution is -2.21. The van der Waals surface area contributed by atoms with Gasteiger partial charge in [0, 0.05) is 13.0 Å². The Morgan fingerprint density at radius 1 is 1.36 bits per heavy atom. The Bertz CT molecular complexity index is 299. The highest BCUT2D eigenvalue weighted by Gasteiger charge is 2.36. The Morgan fingerprint density at radius 3 is 2.64 bits per heavy atom. The molecule has 1 fully saturated rings. The van der Waals surface area contributed by atoms with Crippen molar-refractivity contribution in [1.82, 2.24) is 5.32 Å². The zero-order chi connectivity index (χ0) is 10.0. The molecule has 0 aromatic carbocycles. The Labute approximate surface area is 85.7 Å². The Hall–Kier alpha value is -0.760. The van der Waals surface area contributed by atoms with E-state index in [0.717, 1.165) is 31.0 Å². The second-order valence-electron chi connectivity index (χ2n) is 4.64.